The van der Waals surface area contributed by atoms with Gasteiger partial charge in [-0.15, -0.1) is 0 Å². The molecular weight excluding hydrogens is 284 g/mol. The molecule has 0 spiro atoms. The molecule has 0 radical (unpaired) electrons. The first-order valence-electron chi connectivity index (χ1n) is 6.94. The zero-order chi connectivity index (χ0) is 14.7. The van der Waals surface area contributed by atoms with Crippen LogP contribution in [-0.2, 0) is 4.79 Å². The standard InChI is InChI=1S/C16H16N2O2S/c19-16(17-13-9-10-13)15(12-6-2-1-3-7-12)21-14-8-4-5-11-18(14)20/h1-8,11,13,15H,9-10H2,(H,17,19). The van der Waals surface area contributed by atoms with Gasteiger partial charge in [0, 0.05) is 18.2 Å². The first-order chi connectivity index (χ1) is 10.2. The molecule has 1 aliphatic carbocycles. The minimum Gasteiger partial charge on any atom is -0.618 e. The third-order valence-electron chi connectivity index (χ3n) is 3.29. The maximum Gasteiger partial charge on any atom is 0.252 e. The molecule has 1 N–H and O–H groups in total. The number of carbonyl (C=O) groups is 1. The number of benzene rings is 1. The zero-order valence-electron chi connectivity index (χ0n) is 11.4. The average molecular weight is 300 g/mol. The van der Waals surface area contributed by atoms with E-state index in [2.05, 4.69) is 5.32 Å². The van der Waals surface area contributed by atoms with Crippen molar-refractivity contribution in [2.45, 2.75) is 29.2 Å². The van der Waals surface area contributed by atoms with Crippen LogP contribution >= 0.6 is 11.8 Å². The molecule has 1 atom stereocenters. The van der Waals surface area contributed by atoms with Crippen molar-refractivity contribution in [1.82, 2.24) is 5.32 Å². The first-order valence-corrected chi connectivity index (χ1v) is 7.82. The smallest absolute Gasteiger partial charge is 0.252 e. The van der Waals surface area contributed by atoms with Crippen LogP contribution in [0.2, 0.25) is 0 Å². The van der Waals surface area contributed by atoms with E-state index in [1.807, 2.05) is 30.3 Å². The van der Waals surface area contributed by atoms with Gasteiger partial charge in [-0.25, -0.2) is 0 Å². The summed E-state index contributed by atoms with van der Waals surface area (Å²) in [6.07, 6.45) is 3.54. The summed E-state index contributed by atoms with van der Waals surface area (Å²) in [6, 6.07) is 15.1. The molecule has 0 aliphatic heterocycles. The van der Waals surface area contributed by atoms with Crippen LogP contribution in [0.4, 0.5) is 0 Å². The monoisotopic (exact) mass is 300 g/mol. The molecule has 1 aliphatic rings. The van der Waals surface area contributed by atoms with Crippen molar-refractivity contribution in [1.29, 1.82) is 0 Å². The topological polar surface area (TPSA) is 56.0 Å². The van der Waals surface area contributed by atoms with Crippen molar-refractivity contribution in [3.63, 3.8) is 0 Å². The third-order valence-corrected chi connectivity index (χ3v) is 4.57. The molecule has 0 saturated heterocycles. The number of hydrogen-bond acceptors (Lipinski definition) is 3. The maximum absolute atomic E-state index is 12.5. The second kappa shape index (κ2) is 6.18. The second-order valence-electron chi connectivity index (χ2n) is 5.06. The van der Waals surface area contributed by atoms with E-state index in [9.17, 15) is 10.0 Å². The van der Waals surface area contributed by atoms with Crippen molar-refractivity contribution < 1.29 is 9.52 Å². The van der Waals surface area contributed by atoms with Gasteiger partial charge in [0.15, 0.2) is 6.20 Å². The molecule has 1 saturated carbocycles. The number of rotatable bonds is 5. The molecule has 1 fully saturated rings. The van der Waals surface area contributed by atoms with Crippen molar-refractivity contribution >= 4 is 17.7 Å². The van der Waals surface area contributed by atoms with E-state index in [0.29, 0.717) is 11.1 Å². The molecule has 4 nitrogen and oxygen atoms in total. The van der Waals surface area contributed by atoms with E-state index in [0.717, 1.165) is 23.1 Å². The number of nitrogens with one attached hydrogen (secondary N) is 1. The van der Waals surface area contributed by atoms with Crippen LogP contribution < -0.4 is 10.0 Å². The highest BCUT2D eigenvalue weighted by atomic mass is 32.2. The summed E-state index contributed by atoms with van der Waals surface area (Å²) in [4.78, 5) is 12.5. The summed E-state index contributed by atoms with van der Waals surface area (Å²) < 4.78 is 0.797. The summed E-state index contributed by atoms with van der Waals surface area (Å²) in [7, 11) is 0. The van der Waals surface area contributed by atoms with Crippen molar-refractivity contribution in [3.8, 4) is 0 Å². The fourth-order valence-electron chi connectivity index (χ4n) is 2.03. The Morgan fingerprint density at radius 3 is 2.57 bits per heavy atom. The van der Waals surface area contributed by atoms with Crippen LogP contribution in [-0.4, -0.2) is 11.9 Å². The number of thioether (sulfide) groups is 1. The number of carbonyl (C=O) groups excluding carboxylic acids is 1. The molecular formula is C16H16N2O2S. The summed E-state index contributed by atoms with van der Waals surface area (Å²) in [5.41, 5.74) is 0.907. The lowest BCUT2D eigenvalue weighted by Crippen LogP contribution is -2.32. The van der Waals surface area contributed by atoms with E-state index in [1.54, 1.807) is 18.2 Å². The summed E-state index contributed by atoms with van der Waals surface area (Å²) in [5, 5.41) is 14.9. The molecule has 0 bridgehead atoms. The molecule has 3 rings (SSSR count). The number of hydrogen-bond donors (Lipinski definition) is 1. The van der Waals surface area contributed by atoms with E-state index >= 15 is 0 Å². The van der Waals surface area contributed by atoms with Crippen molar-refractivity contribution in [2.24, 2.45) is 0 Å². The normalized spacial score (nSPS) is 15.4. The van der Waals surface area contributed by atoms with Gasteiger partial charge in [0.25, 0.3) is 5.03 Å². The van der Waals surface area contributed by atoms with Crippen LogP contribution in [0.25, 0.3) is 0 Å². The van der Waals surface area contributed by atoms with Gasteiger partial charge in [0.1, 0.15) is 5.25 Å². The van der Waals surface area contributed by atoms with Crippen molar-refractivity contribution in [2.75, 3.05) is 0 Å². The number of nitrogens with zero attached hydrogens (tertiary/aromatic N) is 1. The van der Waals surface area contributed by atoms with Crippen molar-refractivity contribution in [3.05, 3.63) is 65.5 Å². The fraction of sp³-hybridized carbons (Fsp3) is 0.250. The Morgan fingerprint density at radius 2 is 1.90 bits per heavy atom. The molecule has 1 aromatic carbocycles. The lowest BCUT2D eigenvalue weighted by molar-refractivity contribution is -0.645. The van der Waals surface area contributed by atoms with Crippen LogP contribution in [0.1, 0.15) is 23.7 Å². The average Bonchev–Trinajstić information content (AvgIpc) is 3.31. The van der Waals surface area contributed by atoms with Gasteiger partial charge in [0.05, 0.1) is 0 Å². The SMILES string of the molecule is O=C(NC1CC1)C(Sc1cccc[n+]1[O-])c1ccccc1. The van der Waals surface area contributed by atoms with E-state index < -0.39 is 5.25 Å². The summed E-state index contributed by atoms with van der Waals surface area (Å²) >= 11 is 1.28. The molecule has 21 heavy (non-hydrogen) atoms. The van der Waals surface area contributed by atoms with Crippen LogP contribution in [0.3, 0.4) is 0 Å². The summed E-state index contributed by atoms with van der Waals surface area (Å²) in [6.45, 7) is 0. The van der Waals surface area contributed by atoms with Gasteiger partial charge in [-0.3, -0.25) is 4.79 Å². The quantitative estimate of drug-likeness (QED) is 0.524. The zero-order valence-corrected chi connectivity index (χ0v) is 12.3. The third kappa shape index (κ3) is 3.55. The van der Waals surface area contributed by atoms with Gasteiger partial charge in [-0.1, -0.05) is 30.3 Å². The number of aromatic nitrogens is 1. The Bertz CT molecular complexity index is 629. The lowest BCUT2D eigenvalue weighted by Gasteiger charge is -2.16. The molecule has 1 heterocycles. The van der Waals surface area contributed by atoms with Crippen LogP contribution in [0.15, 0.2) is 59.8 Å². The Kier molecular flexibility index (Phi) is 4.10. The van der Waals surface area contributed by atoms with Gasteiger partial charge < -0.3 is 10.5 Å². The Balaban J connectivity index is 1.85. The lowest BCUT2D eigenvalue weighted by atomic mass is 10.1. The maximum atomic E-state index is 12.5. The van der Waals surface area contributed by atoms with Gasteiger partial charge in [0.2, 0.25) is 5.91 Å². The van der Waals surface area contributed by atoms with Crippen LogP contribution in [0.5, 0.6) is 0 Å². The molecule has 108 valence electrons. The van der Waals surface area contributed by atoms with Gasteiger partial charge in [-0.2, -0.15) is 4.73 Å². The number of pyridine rings is 1. The molecule has 1 amide bonds. The van der Waals surface area contributed by atoms with E-state index in [4.69, 9.17) is 0 Å². The largest absolute Gasteiger partial charge is 0.618 e. The highest BCUT2D eigenvalue weighted by molar-refractivity contribution is 8.00. The molecule has 1 aromatic heterocycles. The first kappa shape index (κ1) is 13.9. The Labute approximate surface area is 127 Å². The minimum atomic E-state index is -0.408. The van der Waals surface area contributed by atoms with Gasteiger partial charge in [-0.05, 0) is 36.2 Å². The molecule has 1 unspecified atom stereocenters. The number of amides is 1. The predicted molar refractivity (Wildman–Crippen MR) is 81.6 cm³/mol. The minimum absolute atomic E-state index is 0.0300. The molecule has 2 aromatic rings. The fourth-order valence-corrected chi connectivity index (χ4v) is 3.06. The second-order valence-corrected chi connectivity index (χ2v) is 6.18. The molecule has 5 heteroatoms. The Morgan fingerprint density at radius 1 is 1.19 bits per heavy atom. The van der Waals surface area contributed by atoms with E-state index in [-0.39, 0.29) is 5.91 Å². The highest BCUT2D eigenvalue weighted by Gasteiger charge is 2.30. The summed E-state index contributed by atoms with van der Waals surface area (Å²) in [5.74, 6) is -0.0300. The predicted octanol–water partition coefficient (Wildman–Crippen LogP) is 2.43. The Hall–Kier alpha value is -2.01. The van der Waals surface area contributed by atoms with Crippen LogP contribution in [0, 0.1) is 5.21 Å². The van der Waals surface area contributed by atoms with E-state index in [1.165, 1.54) is 18.0 Å². The highest BCUT2D eigenvalue weighted by Crippen LogP contribution is 2.34. The van der Waals surface area contributed by atoms with Gasteiger partial charge >= 0.3 is 0 Å².